The fraction of sp³-hybridized carbons (Fsp3) is 0.625. The summed E-state index contributed by atoms with van der Waals surface area (Å²) in [7, 11) is 0. The molecule has 1 aromatic carbocycles. The summed E-state index contributed by atoms with van der Waals surface area (Å²) in [4.78, 5) is 0. The molecule has 2 rings (SSSR count). The lowest BCUT2D eigenvalue weighted by atomic mass is 9.74. The second-order valence-corrected chi connectivity index (χ2v) is 5.88. The van der Waals surface area contributed by atoms with Crippen molar-refractivity contribution < 1.29 is 9.84 Å². The minimum atomic E-state index is -0.667. The third-order valence-electron chi connectivity index (χ3n) is 4.24. The van der Waals surface area contributed by atoms with Crippen LogP contribution in [0, 0.1) is 0 Å². The number of ether oxygens (including phenoxy) is 1. The minimum absolute atomic E-state index is 0.483. The Morgan fingerprint density at radius 3 is 2.33 bits per heavy atom. The number of hydrogen-bond donors (Lipinski definition) is 1. The highest BCUT2D eigenvalue weighted by Crippen LogP contribution is 2.39. The van der Waals surface area contributed by atoms with Gasteiger partial charge in [0.25, 0.3) is 0 Å². The molecule has 1 aliphatic carbocycles. The Morgan fingerprint density at radius 2 is 1.72 bits per heavy atom. The lowest BCUT2D eigenvalue weighted by Crippen LogP contribution is -2.52. The molecular formula is C16H24O2. The fourth-order valence-corrected chi connectivity index (χ4v) is 2.71. The number of benzene rings is 1. The highest BCUT2D eigenvalue weighted by atomic mass is 16.5. The van der Waals surface area contributed by atoms with Crippen LogP contribution in [0.5, 0.6) is 0 Å². The summed E-state index contributed by atoms with van der Waals surface area (Å²) >= 11 is 0. The zero-order valence-corrected chi connectivity index (χ0v) is 11.5. The standard InChI is InChI=1S/C16H24O2/c1-15(2,16(17)11-7-4-8-12-16)18-13-14-9-5-3-6-10-14/h3,5-6,9-10,17H,4,7-8,11-13H2,1-2H3. The molecule has 1 N–H and O–H groups in total. The Morgan fingerprint density at radius 1 is 1.11 bits per heavy atom. The van der Waals surface area contributed by atoms with Gasteiger partial charge in [-0.3, -0.25) is 0 Å². The average molecular weight is 248 g/mol. The van der Waals surface area contributed by atoms with Gasteiger partial charge in [0.05, 0.1) is 17.8 Å². The largest absolute Gasteiger partial charge is 0.387 e. The monoisotopic (exact) mass is 248 g/mol. The van der Waals surface area contributed by atoms with Gasteiger partial charge in [0.15, 0.2) is 0 Å². The van der Waals surface area contributed by atoms with Crippen molar-refractivity contribution in [1.29, 1.82) is 0 Å². The Kier molecular flexibility index (Phi) is 4.08. The molecule has 0 heterocycles. The highest BCUT2D eigenvalue weighted by Gasteiger charge is 2.44. The first-order chi connectivity index (χ1) is 8.54. The van der Waals surface area contributed by atoms with Gasteiger partial charge in [-0.05, 0) is 32.3 Å². The Bertz CT molecular complexity index is 364. The normalized spacial score (nSPS) is 19.7. The van der Waals surface area contributed by atoms with E-state index in [0.717, 1.165) is 31.2 Å². The van der Waals surface area contributed by atoms with Gasteiger partial charge in [-0.2, -0.15) is 0 Å². The first kappa shape index (κ1) is 13.6. The van der Waals surface area contributed by atoms with Crippen LogP contribution in [0.2, 0.25) is 0 Å². The van der Waals surface area contributed by atoms with Gasteiger partial charge < -0.3 is 9.84 Å². The molecule has 0 atom stereocenters. The van der Waals surface area contributed by atoms with E-state index in [1.54, 1.807) is 0 Å². The number of rotatable bonds is 4. The molecular weight excluding hydrogens is 224 g/mol. The van der Waals surface area contributed by atoms with Gasteiger partial charge in [-0.25, -0.2) is 0 Å². The Hall–Kier alpha value is -0.860. The van der Waals surface area contributed by atoms with Crippen molar-refractivity contribution in [2.24, 2.45) is 0 Å². The molecule has 1 saturated carbocycles. The van der Waals surface area contributed by atoms with E-state index in [0.29, 0.717) is 6.61 Å². The van der Waals surface area contributed by atoms with Gasteiger partial charge in [0.1, 0.15) is 0 Å². The summed E-state index contributed by atoms with van der Waals surface area (Å²) in [6, 6.07) is 10.1. The van der Waals surface area contributed by atoms with E-state index in [9.17, 15) is 5.11 Å². The van der Waals surface area contributed by atoms with Crippen molar-refractivity contribution in [2.75, 3.05) is 0 Å². The van der Waals surface area contributed by atoms with Crippen molar-refractivity contribution >= 4 is 0 Å². The SMILES string of the molecule is CC(C)(OCc1ccccc1)C1(O)CCCCC1. The van der Waals surface area contributed by atoms with Gasteiger partial charge in [-0.1, -0.05) is 49.6 Å². The maximum absolute atomic E-state index is 10.8. The second-order valence-electron chi connectivity index (χ2n) is 5.88. The Labute approximate surface area is 110 Å². The van der Waals surface area contributed by atoms with E-state index in [-0.39, 0.29) is 0 Å². The molecule has 0 amide bonds. The van der Waals surface area contributed by atoms with E-state index in [4.69, 9.17) is 4.74 Å². The Balaban J connectivity index is 1.98. The molecule has 0 saturated heterocycles. The van der Waals surface area contributed by atoms with Crippen LogP contribution in [-0.4, -0.2) is 16.3 Å². The second kappa shape index (κ2) is 5.41. The van der Waals surface area contributed by atoms with Crippen LogP contribution in [0.25, 0.3) is 0 Å². The summed E-state index contributed by atoms with van der Waals surface area (Å²) in [5, 5.41) is 10.8. The zero-order valence-electron chi connectivity index (χ0n) is 11.5. The van der Waals surface area contributed by atoms with Crippen LogP contribution in [-0.2, 0) is 11.3 Å². The molecule has 0 aromatic heterocycles. The molecule has 18 heavy (non-hydrogen) atoms. The van der Waals surface area contributed by atoms with Crippen LogP contribution < -0.4 is 0 Å². The van der Waals surface area contributed by atoms with Crippen molar-refractivity contribution in [1.82, 2.24) is 0 Å². The van der Waals surface area contributed by atoms with Crippen molar-refractivity contribution in [3.8, 4) is 0 Å². The quantitative estimate of drug-likeness (QED) is 0.880. The molecule has 1 aliphatic rings. The van der Waals surface area contributed by atoms with Gasteiger partial charge in [0.2, 0.25) is 0 Å². The number of hydrogen-bond acceptors (Lipinski definition) is 2. The third kappa shape index (κ3) is 2.93. The molecule has 0 unspecified atom stereocenters. The third-order valence-corrected chi connectivity index (χ3v) is 4.24. The maximum Gasteiger partial charge on any atom is 0.0930 e. The van der Waals surface area contributed by atoms with E-state index >= 15 is 0 Å². The summed E-state index contributed by atoms with van der Waals surface area (Å²) in [6.45, 7) is 4.60. The van der Waals surface area contributed by atoms with Gasteiger partial charge in [0, 0.05) is 0 Å². The predicted molar refractivity (Wildman–Crippen MR) is 73.3 cm³/mol. The topological polar surface area (TPSA) is 29.5 Å². The van der Waals surface area contributed by atoms with E-state index in [2.05, 4.69) is 12.1 Å². The molecule has 100 valence electrons. The first-order valence-corrected chi connectivity index (χ1v) is 6.94. The van der Waals surface area contributed by atoms with Crippen LogP contribution in [0.3, 0.4) is 0 Å². The lowest BCUT2D eigenvalue weighted by Gasteiger charge is -2.45. The van der Waals surface area contributed by atoms with Crippen molar-refractivity contribution in [3.05, 3.63) is 35.9 Å². The van der Waals surface area contributed by atoms with E-state index in [1.807, 2.05) is 32.0 Å². The van der Waals surface area contributed by atoms with Crippen LogP contribution >= 0.6 is 0 Å². The van der Waals surface area contributed by atoms with Gasteiger partial charge in [-0.15, -0.1) is 0 Å². The molecule has 2 heteroatoms. The maximum atomic E-state index is 10.8. The van der Waals surface area contributed by atoms with Crippen LogP contribution in [0.15, 0.2) is 30.3 Å². The zero-order chi connectivity index (χ0) is 13.1. The highest BCUT2D eigenvalue weighted by molar-refractivity contribution is 5.13. The fourth-order valence-electron chi connectivity index (χ4n) is 2.71. The summed E-state index contributed by atoms with van der Waals surface area (Å²) < 4.78 is 6.01. The lowest BCUT2D eigenvalue weighted by molar-refractivity contribution is -0.184. The minimum Gasteiger partial charge on any atom is -0.387 e. The average Bonchev–Trinajstić information content (AvgIpc) is 2.38. The van der Waals surface area contributed by atoms with Crippen LogP contribution in [0.4, 0.5) is 0 Å². The molecule has 2 nitrogen and oxygen atoms in total. The first-order valence-electron chi connectivity index (χ1n) is 6.94. The van der Waals surface area contributed by atoms with Crippen LogP contribution in [0.1, 0.15) is 51.5 Å². The summed E-state index contributed by atoms with van der Waals surface area (Å²) in [5.41, 5.74) is 0.00788. The summed E-state index contributed by atoms with van der Waals surface area (Å²) in [5.74, 6) is 0. The molecule has 0 aliphatic heterocycles. The molecule has 0 bridgehead atoms. The van der Waals surface area contributed by atoms with Gasteiger partial charge >= 0.3 is 0 Å². The van der Waals surface area contributed by atoms with E-state index < -0.39 is 11.2 Å². The predicted octanol–water partition coefficient (Wildman–Crippen LogP) is 3.68. The molecule has 1 aromatic rings. The smallest absolute Gasteiger partial charge is 0.0930 e. The number of aliphatic hydroxyl groups is 1. The molecule has 1 fully saturated rings. The molecule has 0 spiro atoms. The van der Waals surface area contributed by atoms with Crippen molar-refractivity contribution in [3.63, 3.8) is 0 Å². The van der Waals surface area contributed by atoms with E-state index in [1.165, 1.54) is 6.42 Å². The molecule has 0 radical (unpaired) electrons. The van der Waals surface area contributed by atoms with Crippen molar-refractivity contribution in [2.45, 2.75) is 63.8 Å². The summed E-state index contributed by atoms with van der Waals surface area (Å²) in [6.07, 6.45) is 5.16.